The molecule has 6 rings (SSSR count). The zero-order chi connectivity index (χ0) is 21.7. The van der Waals surface area contributed by atoms with Gasteiger partial charge in [-0.1, -0.05) is 48.5 Å². The zero-order valence-corrected chi connectivity index (χ0v) is 18.1. The molecule has 5 aromatic rings. The molecule has 0 unspecified atom stereocenters. The highest BCUT2D eigenvalue weighted by Crippen LogP contribution is 2.31. The Kier molecular flexibility index (Phi) is 4.43. The molecule has 1 aliphatic rings. The van der Waals surface area contributed by atoms with Gasteiger partial charge in [0, 0.05) is 28.0 Å². The van der Waals surface area contributed by atoms with Gasteiger partial charge in [-0.05, 0) is 29.7 Å². The van der Waals surface area contributed by atoms with Gasteiger partial charge in [0.1, 0.15) is 11.4 Å². The van der Waals surface area contributed by atoms with E-state index in [0.29, 0.717) is 23.3 Å². The number of H-pyrrole nitrogens is 1. The van der Waals surface area contributed by atoms with Gasteiger partial charge in [-0.2, -0.15) is 0 Å². The lowest BCUT2D eigenvalue weighted by atomic mass is 10.0. The molecule has 0 saturated heterocycles. The molecule has 1 amide bonds. The van der Waals surface area contributed by atoms with Crippen molar-refractivity contribution < 1.29 is 4.79 Å². The van der Waals surface area contributed by atoms with Crippen molar-refractivity contribution in [3.05, 3.63) is 88.6 Å². The minimum absolute atomic E-state index is 0.00610. The summed E-state index contributed by atoms with van der Waals surface area (Å²) in [7, 11) is 0. The van der Waals surface area contributed by atoms with Crippen LogP contribution >= 0.6 is 11.3 Å². The fourth-order valence-electron chi connectivity index (χ4n) is 4.47. The number of amides is 1. The van der Waals surface area contributed by atoms with Crippen molar-refractivity contribution in [1.82, 2.24) is 19.4 Å². The van der Waals surface area contributed by atoms with E-state index in [9.17, 15) is 9.59 Å². The summed E-state index contributed by atoms with van der Waals surface area (Å²) < 4.78 is 1.42. The Hall–Kier alpha value is -3.71. The second kappa shape index (κ2) is 7.46. The van der Waals surface area contributed by atoms with Gasteiger partial charge in [0.2, 0.25) is 5.91 Å². The first-order valence-electron chi connectivity index (χ1n) is 10.6. The fourth-order valence-corrected chi connectivity index (χ4v) is 5.46. The van der Waals surface area contributed by atoms with Crippen LogP contribution in [0, 0.1) is 0 Å². The number of aromatic nitrogens is 3. The van der Waals surface area contributed by atoms with Crippen molar-refractivity contribution >= 4 is 38.4 Å². The number of para-hydroxylation sites is 1. The third kappa shape index (κ3) is 3.13. The van der Waals surface area contributed by atoms with Crippen LogP contribution in [0.2, 0.25) is 0 Å². The van der Waals surface area contributed by atoms with Crippen molar-refractivity contribution in [1.29, 1.82) is 0 Å². The molecule has 4 heterocycles. The van der Waals surface area contributed by atoms with Crippen LogP contribution in [0.25, 0.3) is 31.6 Å². The molecule has 2 aromatic carbocycles. The summed E-state index contributed by atoms with van der Waals surface area (Å²) in [6, 6.07) is 20.0. The van der Waals surface area contributed by atoms with Crippen LogP contribution in [0.5, 0.6) is 0 Å². The molecule has 0 fully saturated rings. The summed E-state index contributed by atoms with van der Waals surface area (Å²) in [6.45, 7) is 1.17. The van der Waals surface area contributed by atoms with Crippen LogP contribution in [0.4, 0.5) is 0 Å². The van der Waals surface area contributed by atoms with Crippen molar-refractivity contribution in [2.45, 2.75) is 19.5 Å². The van der Waals surface area contributed by atoms with E-state index >= 15 is 0 Å². The molecule has 0 saturated carbocycles. The number of nitrogens with zero attached hydrogens (tertiary/aromatic N) is 3. The van der Waals surface area contributed by atoms with Crippen molar-refractivity contribution in [3.63, 3.8) is 0 Å². The topological polar surface area (TPSA) is 71.0 Å². The maximum Gasteiger partial charge on any atom is 0.262 e. The molecule has 0 spiro atoms. The Balaban J connectivity index is 1.26. The lowest BCUT2D eigenvalue weighted by molar-refractivity contribution is -0.132. The number of hydrogen-bond acceptors (Lipinski definition) is 4. The van der Waals surface area contributed by atoms with E-state index in [4.69, 9.17) is 0 Å². The average Bonchev–Trinajstić information content (AvgIpc) is 3.43. The zero-order valence-electron chi connectivity index (χ0n) is 17.2. The number of nitrogens with one attached hydrogen (secondary N) is 1. The summed E-state index contributed by atoms with van der Waals surface area (Å²) in [5, 5.41) is 1.79. The van der Waals surface area contributed by atoms with Crippen molar-refractivity contribution in [3.8, 4) is 10.4 Å². The van der Waals surface area contributed by atoms with E-state index in [0.717, 1.165) is 28.1 Å². The van der Waals surface area contributed by atoms with E-state index < -0.39 is 0 Å². The second-order valence-corrected chi connectivity index (χ2v) is 9.10. The van der Waals surface area contributed by atoms with E-state index in [-0.39, 0.29) is 18.0 Å². The number of carbonyl (C=O) groups is 1. The first-order chi connectivity index (χ1) is 15.7. The molecule has 3 aromatic heterocycles. The highest BCUT2D eigenvalue weighted by atomic mass is 32.1. The summed E-state index contributed by atoms with van der Waals surface area (Å²) >= 11 is 1.49. The Morgan fingerprint density at radius 1 is 1.06 bits per heavy atom. The van der Waals surface area contributed by atoms with Crippen molar-refractivity contribution in [2.24, 2.45) is 0 Å². The predicted octanol–water partition coefficient (Wildman–Crippen LogP) is 4.19. The molecule has 0 radical (unpaired) electrons. The highest BCUT2D eigenvalue weighted by molar-refractivity contribution is 7.21. The lowest BCUT2D eigenvalue weighted by Gasteiger charge is -2.27. The van der Waals surface area contributed by atoms with Gasteiger partial charge in [0.25, 0.3) is 5.56 Å². The molecule has 0 aliphatic carbocycles. The van der Waals surface area contributed by atoms with Gasteiger partial charge in [-0.15, -0.1) is 11.3 Å². The van der Waals surface area contributed by atoms with Crippen molar-refractivity contribution in [2.75, 3.05) is 6.54 Å². The van der Waals surface area contributed by atoms with Crippen LogP contribution < -0.4 is 5.56 Å². The first kappa shape index (κ1) is 19.0. The van der Waals surface area contributed by atoms with Gasteiger partial charge in [-0.3, -0.25) is 14.2 Å². The van der Waals surface area contributed by atoms with Crippen LogP contribution in [0.3, 0.4) is 0 Å². The third-order valence-corrected chi connectivity index (χ3v) is 7.21. The molecular weight excluding hydrogens is 420 g/mol. The predicted molar refractivity (Wildman–Crippen MR) is 127 cm³/mol. The number of hydrogen-bond donors (Lipinski definition) is 1. The summed E-state index contributed by atoms with van der Waals surface area (Å²) in [6.07, 6.45) is 2.30. The largest absolute Gasteiger partial charge is 0.357 e. The first-order valence-corrected chi connectivity index (χ1v) is 11.4. The maximum atomic E-state index is 13.1. The number of carbonyl (C=O) groups excluding carboxylic acids is 1. The van der Waals surface area contributed by atoms with Crippen LogP contribution in [0.15, 0.2) is 71.8 Å². The highest BCUT2D eigenvalue weighted by Gasteiger charge is 2.24. The monoisotopic (exact) mass is 440 g/mol. The number of aromatic amines is 1. The number of rotatable bonds is 3. The van der Waals surface area contributed by atoms with Gasteiger partial charge in [-0.25, -0.2) is 4.98 Å². The number of fused-ring (bicyclic) bond motifs is 4. The summed E-state index contributed by atoms with van der Waals surface area (Å²) in [4.78, 5) is 37.5. The maximum absolute atomic E-state index is 13.1. The normalized spacial score (nSPS) is 13.6. The third-order valence-electron chi connectivity index (χ3n) is 6.12. The lowest BCUT2D eigenvalue weighted by Crippen LogP contribution is -2.39. The van der Waals surface area contributed by atoms with Gasteiger partial charge in [0.15, 0.2) is 0 Å². The van der Waals surface area contributed by atoms with Gasteiger partial charge in [0.05, 0.1) is 18.3 Å². The molecule has 1 N–H and O–H groups in total. The Morgan fingerprint density at radius 3 is 2.75 bits per heavy atom. The Labute approximate surface area is 187 Å². The van der Waals surface area contributed by atoms with Crippen LogP contribution in [-0.4, -0.2) is 31.9 Å². The molecule has 32 heavy (non-hydrogen) atoms. The second-order valence-electron chi connectivity index (χ2n) is 8.07. The van der Waals surface area contributed by atoms with Crippen LogP contribution in [0.1, 0.15) is 11.3 Å². The number of thiophene rings is 1. The minimum atomic E-state index is -0.176. The minimum Gasteiger partial charge on any atom is -0.357 e. The fraction of sp³-hybridized carbons (Fsp3) is 0.160. The van der Waals surface area contributed by atoms with E-state index in [1.165, 1.54) is 33.2 Å². The SMILES string of the molecule is O=C(Cn1cnc2sc(-c3ccccc3)cc2c1=O)N1CCc2c([nH]c3ccccc23)C1. The molecule has 7 heteroatoms. The van der Waals surface area contributed by atoms with E-state index in [1.807, 2.05) is 53.4 Å². The number of benzene rings is 2. The molecule has 1 aliphatic heterocycles. The summed E-state index contributed by atoms with van der Waals surface area (Å²) in [5.74, 6) is -0.0731. The standard InChI is InChI=1S/C25H20N4O2S/c30-23(28-11-10-18-17-8-4-5-9-20(17)27-21(18)13-28)14-29-15-26-24-19(25(29)31)12-22(32-24)16-6-2-1-3-7-16/h1-9,12,15,27H,10-11,13-14H2. The van der Waals surface area contributed by atoms with Gasteiger partial charge >= 0.3 is 0 Å². The molecule has 0 bridgehead atoms. The smallest absolute Gasteiger partial charge is 0.262 e. The van der Waals surface area contributed by atoms with Gasteiger partial charge < -0.3 is 9.88 Å². The quantitative estimate of drug-likeness (QED) is 0.457. The average molecular weight is 441 g/mol. The molecular formula is C25H20N4O2S. The Morgan fingerprint density at radius 2 is 1.88 bits per heavy atom. The molecule has 158 valence electrons. The molecule has 6 nitrogen and oxygen atoms in total. The summed E-state index contributed by atoms with van der Waals surface area (Å²) in [5.41, 5.74) is 4.35. The van der Waals surface area contributed by atoms with E-state index in [2.05, 4.69) is 22.1 Å². The molecule has 0 atom stereocenters. The Bertz CT molecular complexity index is 1530. The van der Waals surface area contributed by atoms with Crippen LogP contribution in [-0.2, 0) is 24.3 Å². The van der Waals surface area contributed by atoms with E-state index in [1.54, 1.807) is 0 Å².